The van der Waals surface area contributed by atoms with E-state index in [0.717, 1.165) is 81.3 Å². The minimum Gasteiger partial charge on any atom is -0.507 e. The first-order valence-electron chi connectivity index (χ1n) is 22.6. The minimum atomic E-state index is -0.900. The molecule has 0 aromatic heterocycles. The molecule has 4 aromatic carbocycles. The Labute approximate surface area is 410 Å². The molecular weight excluding hydrogens is 908 g/mol. The van der Waals surface area contributed by atoms with Gasteiger partial charge in [0.15, 0.2) is 22.7 Å². The third-order valence-corrected chi connectivity index (χ3v) is 13.4. The van der Waals surface area contributed by atoms with Gasteiger partial charge in [0.1, 0.15) is 11.1 Å². The van der Waals surface area contributed by atoms with Gasteiger partial charge in [0.25, 0.3) is 4.51 Å². The highest BCUT2D eigenvalue weighted by Crippen LogP contribution is 2.49. The number of carbonyl (C=O) groups is 2. The molecule has 8 rings (SSSR count). The Bertz CT molecular complexity index is 2460. The monoisotopic (exact) mass is 968 g/mol. The molecule has 13 heteroatoms. The number of aliphatic hydroxyl groups excluding tert-OH is 1. The van der Waals surface area contributed by atoms with Gasteiger partial charge in [-0.3, -0.25) is 0 Å². The molecular formula is C54H61ClO10S2. The fourth-order valence-electron chi connectivity index (χ4n) is 9.74. The van der Waals surface area contributed by atoms with E-state index in [0.29, 0.717) is 55.8 Å². The van der Waals surface area contributed by atoms with Gasteiger partial charge >= 0.3 is 17.2 Å². The van der Waals surface area contributed by atoms with Crippen LogP contribution in [-0.4, -0.2) is 64.4 Å². The number of esters is 2. The van der Waals surface area contributed by atoms with E-state index >= 15 is 0 Å². The lowest BCUT2D eigenvalue weighted by atomic mass is 9.80. The lowest BCUT2D eigenvalue weighted by Gasteiger charge is -2.36. The Morgan fingerprint density at radius 1 is 0.627 bits per heavy atom. The number of methoxy groups -OCH3 is 2. The smallest absolute Gasteiger partial charge is 0.357 e. The summed E-state index contributed by atoms with van der Waals surface area (Å²) in [7, 11) is 2.89. The van der Waals surface area contributed by atoms with Gasteiger partial charge in [0, 0.05) is 12.2 Å². The predicted molar refractivity (Wildman–Crippen MR) is 269 cm³/mol. The normalized spacial score (nSPS) is 22.0. The average molecular weight is 970 g/mol. The molecule has 0 bridgehead atoms. The Hall–Kier alpha value is -5.11. The summed E-state index contributed by atoms with van der Waals surface area (Å²) in [6.07, 6.45) is 5.59. The van der Waals surface area contributed by atoms with Crippen molar-refractivity contribution in [3.05, 3.63) is 152 Å². The largest absolute Gasteiger partial charge is 0.507 e. The van der Waals surface area contributed by atoms with Crippen molar-refractivity contribution in [2.75, 3.05) is 14.2 Å². The fraction of sp³-hybridized carbons (Fsp3) is 0.407. The van der Waals surface area contributed by atoms with Crippen LogP contribution in [0.25, 0.3) is 11.1 Å². The van der Waals surface area contributed by atoms with Crippen molar-refractivity contribution in [1.29, 1.82) is 0 Å². The molecule has 0 radical (unpaired) electrons. The van der Waals surface area contributed by atoms with Gasteiger partial charge in [-0.1, -0.05) is 96.1 Å². The van der Waals surface area contributed by atoms with Crippen molar-refractivity contribution >= 4 is 68.9 Å². The van der Waals surface area contributed by atoms with E-state index in [2.05, 4.69) is 53.4 Å². The maximum Gasteiger partial charge on any atom is 0.357 e. The summed E-state index contributed by atoms with van der Waals surface area (Å²) in [4.78, 5) is 26.0. The molecule has 2 saturated carbocycles. The molecule has 0 saturated heterocycles. The number of benzene rings is 4. The number of carbonyl (C=O) groups excluding carboxylic acids is 2. The van der Waals surface area contributed by atoms with Crippen LogP contribution >= 0.6 is 36.0 Å². The quantitative estimate of drug-likeness (QED) is 0.0977. The molecule has 0 atom stereocenters. The van der Waals surface area contributed by atoms with Crippen LogP contribution < -0.4 is 0 Å². The van der Waals surface area contributed by atoms with E-state index in [1.807, 2.05) is 90.1 Å². The predicted octanol–water partition coefficient (Wildman–Crippen LogP) is 12.2. The molecule has 0 amide bonds. The van der Waals surface area contributed by atoms with Crippen LogP contribution in [0.1, 0.15) is 107 Å². The Balaban J connectivity index is 0.000000202. The van der Waals surface area contributed by atoms with E-state index in [4.69, 9.17) is 52.2 Å². The SMILES string of the molecule is COC(=S)Cl.COC(=S)OC1=C(c2c(C)cc(C)cc2C)C(=O)OC12CCC(OCc1ccccc1)CC2.Cc1cc(C)c(C2=C(O)C3(CCC(OCc4ccccc4)CC3)OC2=O)c(C)c1. The van der Waals surface area contributed by atoms with Crippen LogP contribution in [0.2, 0.25) is 0 Å². The number of aliphatic hydroxyl groups is 1. The van der Waals surface area contributed by atoms with E-state index < -0.39 is 17.2 Å². The zero-order chi connectivity index (χ0) is 48.5. The van der Waals surface area contributed by atoms with Crippen LogP contribution in [0.15, 0.2) is 96.4 Å². The van der Waals surface area contributed by atoms with Crippen LogP contribution in [0.5, 0.6) is 0 Å². The lowest BCUT2D eigenvalue weighted by Crippen LogP contribution is -2.40. The molecule has 2 aliphatic carbocycles. The van der Waals surface area contributed by atoms with Crippen molar-refractivity contribution in [2.24, 2.45) is 0 Å². The Morgan fingerprint density at radius 2 is 1.00 bits per heavy atom. The summed E-state index contributed by atoms with van der Waals surface area (Å²) in [5.41, 5.74) is 9.23. The van der Waals surface area contributed by atoms with Crippen LogP contribution in [-0.2, 0) is 56.0 Å². The van der Waals surface area contributed by atoms with Gasteiger partial charge in [-0.05, 0) is 161 Å². The summed E-state index contributed by atoms with van der Waals surface area (Å²) < 4.78 is 39.5. The molecule has 10 nitrogen and oxygen atoms in total. The van der Waals surface area contributed by atoms with Gasteiger partial charge in [-0.15, -0.1) is 0 Å². The average Bonchev–Trinajstić information content (AvgIpc) is 3.69. The van der Waals surface area contributed by atoms with Gasteiger partial charge in [0.05, 0.1) is 39.6 Å². The molecule has 356 valence electrons. The second-order valence-corrected chi connectivity index (χ2v) is 19.0. The topological polar surface area (TPSA) is 119 Å². The molecule has 4 aliphatic rings. The van der Waals surface area contributed by atoms with Crippen LogP contribution in [0.4, 0.5) is 0 Å². The molecule has 67 heavy (non-hydrogen) atoms. The zero-order valence-corrected chi connectivity index (χ0v) is 42.0. The second-order valence-electron chi connectivity index (χ2n) is 17.7. The highest BCUT2D eigenvalue weighted by Gasteiger charge is 2.53. The van der Waals surface area contributed by atoms with Gasteiger partial charge in [-0.25, -0.2) is 9.59 Å². The summed E-state index contributed by atoms with van der Waals surface area (Å²) in [5.74, 6) is -0.223. The van der Waals surface area contributed by atoms with Gasteiger partial charge in [0.2, 0.25) is 0 Å². The maximum absolute atomic E-state index is 13.2. The number of hydrogen-bond acceptors (Lipinski definition) is 12. The number of hydrogen-bond donors (Lipinski definition) is 1. The number of halogens is 1. The number of aryl methyl sites for hydroxylation is 6. The third-order valence-electron chi connectivity index (χ3n) is 12.8. The summed E-state index contributed by atoms with van der Waals surface area (Å²) in [6.45, 7) is 13.2. The number of ether oxygens (including phenoxy) is 7. The highest BCUT2D eigenvalue weighted by atomic mass is 35.5. The van der Waals surface area contributed by atoms with Crippen molar-refractivity contribution in [3.63, 3.8) is 0 Å². The van der Waals surface area contributed by atoms with Crippen LogP contribution in [0, 0.1) is 41.5 Å². The van der Waals surface area contributed by atoms with E-state index in [-0.39, 0.29) is 33.7 Å². The Morgan fingerprint density at radius 3 is 1.40 bits per heavy atom. The molecule has 0 unspecified atom stereocenters. The number of thiocarbonyl (C=S) groups is 2. The van der Waals surface area contributed by atoms with Gasteiger partial charge < -0.3 is 38.3 Å². The molecule has 2 aliphatic heterocycles. The number of rotatable bonds is 9. The second kappa shape index (κ2) is 22.8. The first kappa shape index (κ1) is 51.3. The maximum atomic E-state index is 13.2. The standard InChI is InChI=1S/C27H30O5S.C25H28O4.C2H3ClOS/c1-17-14-18(2)22(19(3)15-17)23-24(31-26(33)29-4)27(32-25(23)28)12-10-21(11-13-27)30-16-20-8-6-5-7-9-20;1-16-13-17(2)21(18(3)14-16)22-23(26)25(29-24(22)27)11-9-20(10-12-25)28-15-19-7-5-4-6-8-19;1-4-2(3)5/h5-9,14-15,21H,10-13,16H2,1-4H3;4-8,13-14,20,26H,9-12,15H2,1-3H3;1H3. The van der Waals surface area contributed by atoms with E-state index in [1.54, 1.807) is 0 Å². The molecule has 2 fully saturated rings. The molecule has 1 N–H and O–H groups in total. The summed E-state index contributed by atoms with van der Waals surface area (Å²) >= 11 is 14.4. The fourth-order valence-corrected chi connectivity index (χ4v) is 9.83. The summed E-state index contributed by atoms with van der Waals surface area (Å²) in [6, 6.07) is 28.4. The highest BCUT2D eigenvalue weighted by molar-refractivity contribution is 7.82. The Kier molecular flexibility index (Phi) is 17.4. The third kappa shape index (κ3) is 12.3. The van der Waals surface area contributed by atoms with E-state index in [1.165, 1.54) is 14.2 Å². The first-order chi connectivity index (χ1) is 32.0. The lowest BCUT2D eigenvalue weighted by molar-refractivity contribution is -0.153. The zero-order valence-electron chi connectivity index (χ0n) is 39.6. The van der Waals surface area contributed by atoms with E-state index in [9.17, 15) is 14.7 Å². The summed E-state index contributed by atoms with van der Waals surface area (Å²) in [5, 5.41) is 11.1. The van der Waals surface area contributed by atoms with Crippen molar-refractivity contribution in [3.8, 4) is 0 Å². The molecule has 2 spiro atoms. The molecule has 2 heterocycles. The van der Waals surface area contributed by atoms with Crippen molar-refractivity contribution in [2.45, 2.75) is 130 Å². The van der Waals surface area contributed by atoms with Gasteiger partial charge in [-0.2, -0.15) is 0 Å². The van der Waals surface area contributed by atoms with Crippen molar-refractivity contribution in [1.82, 2.24) is 0 Å². The van der Waals surface area contributed by atoms with Crippen molar-refractivity contribution < 1.29 is 47.9 Å². The minimum absolute atomic E-state index is 0.0231. The first-order valence-corrected chi connectivity index (χ1v) is 23.8. The molecule has 4 aromatic rings. The van der Waals surface area contributed by atoms with Crippen LogP contribution in [0.3, 0.4) is 0 Å².